The Morgan fingerprint density at radius 2 is 1.92 bits per heavy atom. The van der Waals surface area contributed by atoms with E-state index in [-0.39, 0.29) is 12.4 Å². The number of benzene rings is 1. The van der Waals surface area contributed by atoms with Crippen LogP contribution in [0.25, 0.3) is 6.08 Å². The minimum atomic E-state index is -0.582. The molecule has 1 aliphatic heterocycles. The largest absolute Gasteiger partial charge is 0.493 e. The number of hydrogen-bond donors (Lipinski definition) is 0. The van der Waals surface area contributed by atoms with Crippen LogP contribution in [-0.2, 0) is 14.3 Å². The van der Waals surface area contributed by atoms with Crippen LogP contribution >= 0.6 is 0 Å². The highest BCUT2D eigenvalue weighted by atomic mass is 16.6. The predicted octanol–water partition coefficient (Wildman–Crippen LogP) is 2.64. The van der Waals surface area contributed by atoms with Gasteiger partial charge >= 0.3 is 5.97 Å². The third-order valence-electron chi connectivity index (χ3n) is 3.44. The summed E-state index contributed by atoms with van der Waals surface area (Å²) in [5, 5.41) is 0. The van der Waals surface area contributed by atoms with Gasteiger partial charge in [-0.3, -0.25) is 4.79 Å². The van der Waals surface area contributed by atoms with Crippen molar-refractivity contribution in [3.05, 3.63) is 23.8 Å². The summed E-state index contributed by atoms with van der Waals surface area (Å²) in [6, 6.07) is 3.48. The van der Waals surface area contributed by atoms with Gasteiger partial charge in [-0.15, -0.1) is 0 Å². The van der Waals surface area contributed by atoms with E-state index in [9.17, 15) is 9.59 Å². The van der Waals surface area contributed by atoms with Crippen LogP contribution in [0.1, 0.15) is 26.3 Å². The average molecular weight is 334 g/mol. The van der Waals surface area contributed by atoms with Gasteiger partial charge in [-0.1, -0.05) is 20.8 Å². The minimum Gasteiger partial charge on any atom is -0.493 e. The Balaban J connectivity index is 2.03. The zero-order valence-electron chi connectivity index (χ0n) is 14.4. The molecule has 6 nitrogen and oxygen atoms in total. The van der Waals surface area contributed by atoms with Crippen LogP contribution in [0.2, 0.25) is 0 Å². The molecule has 0 fully saturated rings. The standard InChI is InChI=1S/C18H22O6/c1-18(2,3)15(19)11-24-16(20)6-5-12-9-13(21-4)17-14(10-12)22-7-8-23-17/h5-6,9-10H,7-8,11H2,1-4H3/b6-5+. The number of carbonyl (C=O) groups excluding carboxylic acids is 2. The molecule has 0 saturated carbocycles. The fourth-order valence-electron chi connectivity index (χ4n) is 1.96. The van der Waals surface area contributed by atoms with Crippen molar-refractivity contribution >= 4 is 17.8 Å². The molecule has 0 bridgehead atoms. The molecule has 0 aromatic heterocycles. The number of Topliss-reactive ketones (excluding diaryl/α,β-unsaturated/α-hetero) is 1. The van der Waals surface area contributed by atoms with E-state index in [4.69, 9.17) is 18.9 Å². The van der Waals surface area contributed by atoms with Crippen molar-refractivity contribution in [3.63, 3.8) is 0 Å². The Kier molecular flexibility index (Phi) is 5.49. The normalized spacial score (nSPS) is 13.7. The van der Waals surface area contributed by atoms with E-state index in [1.54, 1.807) is 39.0 Å². The van der Waals surface area contributed by atoms with E-state index in [2.05, 4.69) is 0 Å². The molecule has 0 atom stereocenters. The highest BCUT2D eigenvalue weighted by Gasteiger charge is 2.22. The zero-order chi connectivity index (χ0) is 17.7. The Hall–Kier alpha value is -2.50. The number of carbonyl (C=O) groups is 2. The molecular weight excluding hydrogens is 312 g/mol. The van der Waals surface area contributed by atoms with Crippen molar-refractivity contribution in [1.29, 1.82) is 0 Å². The van der Waals surface area contributed by atoms with Gasteiger partial charge in [0.2, 0.25) is 5.75 Å². The lowest BCUT2D eigenvalue weighted by Crippen LogP contribution is -2.25. The molecule has 0 spiro atoms. The zero-order valence-corrected chi connectivity index (χ0v) is 14.4. The van der Waals surface area contributed by atoms with Crippen molar-refractivity contribution in [2.24, 2.45) is 5.41 Å². The van der Waals surface area contributed by atoms with Crippen molar-refractivity contribution in [3.8, 4) is 17.2 Å². The number of ether oxygens (including phenoxy) is 4. The first kappa shape index (κ1) is 17.8. The molecule has 1 heterocycles. The molecule has 130 valence electrons. The molecular formula is C18H22O6. The van der Waals surface area contributed by atoms with Gasteiger partial charge in [-0.2, -0.15) is 0 Å². The van der Waals surface area contributed by atoms with Gasteiger partial charge in [0.1, 0.15) is 13.2 Å². The Labute approximate surface area is 141 Å². The molecule has 0 amide bonds. The molecule has 1 aliphatic rings. The first-order valence-corrected chi connectivity index (χ1v) is 7.67. The average Bonchev–Trinajstić information content (AvgIpc) is 2.56. The molecule has 1 aromatic carbocycles. The van der Waals surface area contributed by atoms with E-state index in [0.29, 0.717) is 36.0 Å². The number of hydrogen-bond acceptors (Lipinski definition) is 6. The summed E-state index contributed by atoms with van der Waals surface area (Å²) in [4.78, 5) is 23.5. The third kappa shape index (κ3) is 4.50. The summed E-state index contributed by atoms with van der Waals surface area (Å²) in [5.74, 6) is 0.936. The second-order valence-electron chi connectivity index (χ2n) is 6.36. The van der Waals surface area contributed by atoms with Crippen LogP contribution in [-0.4, -0.2) is 38.7 Å². The summed E-state index contributed by atoms with van der Waals surface area (Å²) in [5.41, 5.74) is 0.169. The molecule has 0 saturated heterocycles. The molecule has 2 rings (SSSR count). The molecule has 0 aliphatic carbocycles. The van der Waals surface area contributed by atoms with Crippen molar-refractivity contribution < 1.29 is 28.5 Å². The number of ketones is 1. The fourth-order valence-corrected chi connectivity index (χ4v) is 1.96. The fraction of sp³-hybridized carbons (Fsp3) is 0.444. The number of fused-ring (bicyclic) bond motifs is 1. The first-order chi connectivity index (χ1) is 11.3. The SMILES string of the molecule is COc1cc(/C=C/C(=O)OCC(=O)C(C)(C)C)cc2c1OCCO2. The van der Waals surface area contributed by atoms with Crippen molar-refractivity contribution in [2.45, 2.75) is 20.8 Å². The smallest absolute Gasteiger partial charge is 0.331 e. The highest BCUT2D eigenvalue weighted by Crippen LogP contribution is 2.40. The van der Waals surface area contributed by atoms with E-state index in [1.807, 2.05) is 0 Å². The number of esters is 1. The maximum atomic E-state index is 11.7. The molecule has 0 radical (unpaired) electrons. The molecule has 1 aromatic rings. The van der Waals surface area contributed by atoms with Crippen LogP contribution in [0, 0.1) is 5.41 Å². The minimum absolute atomic E-state index is 0.134. The molecule has 6 heteroatoms. The van der Waals surface area contributed by atoms with Gasteiger partial charge in [0.25, 0.3) is 0 Å². The van der Waals surface area contributed by atoms with E-state index >= 15 is 0 Å². The highest BCUT2D eigenvalue weighted by molar-refractivity contribution is 5.91. The lowest BCUT2D eigenvalue weighted by molar-refractivity contribution is -0.145. The molecule has 24 heavy (non-hydrogen) atoms. The van der Waals surface area contributed by atoms with Gasteiger partial charge in [0.05, 0.1) is 7.11 Å². The van der Waals surface area contributed by atoms with Gasteiger partial charge in [0, 0.05) is 11.5 Å². The summed E-state index contributed by atoms with van der Waals surface area (Å²) in [7, 11) is 1.54. The van der Waals surface area contributed by atoms with E-state index < -0.39 is 11.4 Å². The van der Waals surface area contributed by atoms with Crippen LogP contribution in [0.5, 0.6) is 17.2 Å². The van der Waals surface area contributed by atoms with Gasteiger partial charge < -0.3 is 18.9 Å². The second kappa shape index (κ2) is 7.38. The van der Waals surface area contributed by atoms with Crippen molar-refractivity contribution in [2.75, 3.05) is 26.9 Å². The van der Waals surface area contributed by atoms with Crippen LogP contribution in [0.4, 0.5) is 0 Å². The van der Waals surface area contributed by atoms with Crippen LogP contribution in [0.15, 0.2) is 18.2 Å². The number of rotatable bonds is 5. The first-order valence-electron chi connectivity index (χ1n) is 7.67. The van der Waals surface area contributed by atoms with Gasteiger partial charge in [0.15, 0.2) is 23.9 Å². The summed E-state index contributed by atoms with van der Waals surface area (Å²) in [6.07, 6.45) is 2.84. The molecule has 0 N–H and O–H groups in total. The van der Waals surface area contributed by atoms with E-state index in [1.165, 1.54) is 13.2 Å². The summed E-state index contributed by atoms with van der Waals surface area (Å²) in [6.45, 7) is 6.02. The lowest BCUT2D eigenvalue weighted by atomic mass is 9.91. The Morgan fingerprint density at radius 1 is 1.21 bits per heavy atom. The maximum Gasteiger partial charge on any atom is 0.331 e. The van der Waals surface area contributed by atoms with E-state index in [0.717, 1.165) is 0 Å². The summed E-state index contributed by atoms with van der Waals surface area (Å²) >= 11 is 0. The van der Waals surface area contributed by atoms with Gasteiger partial charge in [-0.25, -0.2) is 4.79 Å². The lowest BCUT2D eigenvalue weighted by Gasteiger charge is -2.20. The quantitative estimate of drug-likeness (QED) is 0.609. The van der Waals surface area contributed by atoms with Crippen molar-refractivity contribution in [1.82, 2.24) is 0 Å². The third-order valence-corrected chi connectivity index (χ3v) is 3.44. The number of methoxy groups -OCH3 is 1. The monoisotopic (exact) mass is 334 g/mol. The second-order valence-corrected chi connectivity index (χ2v) is 6.36. The van der Waals surface area contributed by atoms with Gasteiger partial charge in [-0.05, 0) is 23.8 Å². The summed E-state index contributed by atoms with van der Waals surface area (Å²) < 4.78 is 21.3. The Morgan fingerprint density at radius 3 is 2.58 bits per heavy atom. The topological polar surface area (TPSA) is 71.1 Å². The maximum absolute atomic E-state index is 11.7. The predicted molar refractivity (Wildman–Crippen MR) is 88.4 cm³/mol. The Bertz CT molecular complexity index is 637. The molecule has 0 unspecified atom stereocenters. The van der Waals surface area contributed by atoms with Crippen LogP contribution in [0.3, 0.4) is 0 Å². The van der Waals surface area contributed by atoms with Crippen LogP contribution < -0.4 is 14.2 Å².